The van der Waals surface area contributed by atoms with Crippen LogP contribution in [0.2, 0.25) is 0 Å². The van der Waals surface area contributed by atoms with Crippen molar-refractivity contribution in [2.75, 3.05) is 14.2 Å². The van der Waals surface area contributed by atoms with Crippen molar-refractivity contribution >= 4 is 11.6 Å². The van der Waals surface area contributed by atoms with Crippen LogP contribution in [0.4, 0.5) is 0 Å². The summed E-state index contributed by atoms with van der Waals surface area (Å²) in [7, 11) is 3.29. The third kappa shape index (κ3) is 3.22. The molecule has 2 aromatic carbocycles. The van der Waals surface area contributed by atoms with E-state index >= 15 is 0 Å². The van der Waals surface area contributed by atoms with Gasteiger partial charge in [-0.15, -0.1) is 0 Å². The Hall–Kier alpha value is -2.82. The van der Waals surface area contributed by atoms with Gasteiger partial charge in [0, 0.05) is 24.5 Å². The molecule has 1 aliphatic rings. The SMILES string of the molecule is COc1cc(C2=NN(C(C)=O)C(c3ccccc3OC)C2)ccc1C. The summed E-state index contributed by atoms with van der Waals surface area (Å²) in [6, 6.07) is 13.6. The van der Waals surface area contributed by atoms with Crippen LogP contribution in [-0.2, 0) is 4.79 Å². The Morgan fingerprint density at radius 3 is 2.52 bits per heavy atom. The molecule has 0 aliphatic carbocycles. The average Bonchev–Trinajstić information content (AvgIpc) is 3.07. The molecule has 5 nitrogen and oxygen atoms in total. The summed E-state index contributed by atoms with van der Waals surface area (Å²) >= 11 is 0. The third-order valence-electron chi connectivity index (χ3n) is 4.47. The van der Waals surface area contributed by atoms with Crippen molar-refractivity contribution < 1.29 is 14.3 Å². The highest BCUT2D eigenvalue weighted by molar-refractivity contribution is 6.03. The van der Waals surface area contributed by atoms with Gasteiger partial charge in [-0.05, 0) is 24.6 Å². The molecule has 0 radical (unpaired) electrons. The summed E-state index contributed by atoms with van der Waals surface area (Å²) < 4.78 is 10.9. The molecular formula is C20H22N2O3. The van der Waals surface area contributed by atoms with Crippen LogP contribution < -0.4 is 9.47 Å². The third-order valence-corrected chi connectivity index (χ3v) is 4.47. The molecule has 5 heteroatoms. The van der Waals surface area contributed by atoms with E-state index in [4.69, 9.17) is 9.47 Å². The smallest absolute Gasteiger partial charge is 0.240 e. The van der Waals surface area contributed by atoms with Crippen LogP contribution in [0.3, 0.4) is 0 Å². The molecule has 0 saturated heterocycles. The molecule has 1 atom stereocenters. The zero-order valence-electron chi connectivity index (χ0n) is 14.9. The molecule has 0 spiro atoms. The van der Waals surface area contributed by atoms with E-state index in [0.29, 0.717) is 6.42 Å². The van der Waals surface area contributed by atoms with Gasteiger partial charge in [-0.3, -0.25) is 4.79 Å². The second-order valence-electron chi connectivity index (χ2n) is 6.06. The zero-order valence-corrected chi connectivity index (χ0v) is 14.9. The Morgan fingerprint density at radius 1 is 1.12 bits per heavy atom. The van der Waals surface area contributed by atoms with E-state index in [9.17, 15) is 4.79 Å². The minimum absolute atomic E-state index is 0.0926. The van der Waals surface area contributed by atoms with Crippen molar-refractivity contribution in [2.45, 2.75) is 26.3 Å². The molecule has 25 heavy (non-hydrogen) atoms. The maximum Gasteiger partial charge on any atom is 0.240 e. The van der Waals surface area contributed by atoms with Gasteiger partial charge >= 0.3 is 0 Å². The number of hydrogen-bond donors (Lipinski definition) is 0. The number of carbonyl (C=O) groups excluding carboxylic acids is 1. The molecule has 130 valence electrons. The van der Waals surface area contributed by atoms with Crippen LogP contribution in [0.1, 0.15) is 36.1 Å². The predicted molar refractivity (Wildman–Crippen MR) is 97.1 cm³/mol. The first-order chi connectivity index (χ1) is 12.0. The number of hydrazone groups is 1. The number of nitrogens with zero attached hydrogens (tertiary/aromatic N) is 2. The Morgan fingerprint density at radius 2 is 1.84 bits per heavy atom. The first-order valence-corrected chi connectivity index (χ1v) is 8.20. The summed E-state index contributed by atoms with van der Waals surface area (Å²) in [5.74, 6) is 1.48. The fraction of sp³-hybridized carbons (Fsp3) is 0.300. The fourth-order valence-electron chi connectivity index (χ4n) is 3.16. The molecule has 3 rings (SSSR count). The van der Waals surface area contributed by atoms with Crippen molar-refractivity contribution in [2.24, 2.45) is 5.10 Å². The first-order valence-electron chi connectivity index (χ1n) is 8.20. The van der Waals surface area contributed by atoms with Crippen molar-refractivity contribution in [3.05, 3.63) is 59.2 Å². The van der Waals surface area contributed by atoms with E-state index in [1.54, 1.807) is 19.2 Å². The minimum Gasteiger partial charge on any atom is -0.496 e. The lowest BCUT2D eigenvalue weighted by Crippen LogP contribution is -2.24. The second-order valence-corrected chi connectivity index (χ2v) is 6.06. The normalized spacial score (nSPS) is 16.6. The Balaban J connectivity index is 1.99. The van der Waals surface area contributed by atoms with Crippen molar-refractivity contribution in [1.29, 1.82) is 0 Å². The highest BCUT2D eigenvalue weighted by Gasteiger charge is 2.33. The molecular weight excluding hydrogens is 316 g/mol. The van der Waals surface area contributed by atoms with E-state index in [1.165, 1.54) is 6.92 Å². The lowest BCUT2D eigenvalue weighted by Gasteiger charge is -2.22. The van der Waals surface area contributed by atoms with Gasteiger partial charge in [0.2, 0.25) is 5.91 Å². The van der Waals surface area contributed by atoms with E-state index in [1.807, 2.05) is 49.4 Å². The number of rotatable bonds is 4. The fourth-order valence-corrected chi connectivity index (χ4v) is 3.16. The largest absolute Gasteiger partial charge is 0.496 e. The number of para-hydroxylation sites is 1. The van der Waals surface area contributed by atoms with Crippen LogP contribution in [-0.4, -0.2) is 30.8 Å². The zero-order chi connectivity index (χ0) is 18.0. The number of carbonyl (C=O) groups is 1. The van der Waals surface area contributed by atoms with Crippen molar-refractivity contribution in [1.82, 2.24) is 5.01 Å². The van der Waals surface area contributed by atoms with Crippen LogP contribution in [0.5, 0.6) is 11.5 Å². The van der Waals surface area contributed by atoms with E-state index in [2.05, 4.69) is 5.10 Å². The molecule has 1 amide bonds. The Labute approximate surface area is 147 Å². The lowest BCUT2D eigenvalue weighted by molar-refractivity contribution is -0.130. The highest BCUT2D eigenvalue weighted by Crippen LogP contribution is 2.37. The van der Waals surface area contributed by atoms with Crippen LogP contribution in [0.25, 0.3) is 0 Å². The summed E-state index contributed by atoms with van der Waals surface area (Å²) in [6.45, 7) is 3.53. The van der Waals surface area contributed by atoms with Gasteiger partial charge in [0.25, 0.3) is 0 Å². The first kappa shape index (κ1) is 17.0. The standard InChI is InChI=1S/C20H22N2O3/c1-13-9-10-15(11-20(13)25-4)17-12-18(22(21-17)14(2)23)16-7-5-6-8-19(16)24-3/h5-11,18H,12H2,1-4H3. The summed E-state index contributed by atoms with van der Waals surface area (Å²) in [4.78, 5) is 12.1. The minimum atomic E-state index is -0.170. The van der Waals surface area contributed by atoms with Gasteiger partial charge in [0.15, 0.2) is 0 Å². The van der Waals surface area contributed by atoms with Gasteiger partial charge in [0.05, 0.1) is 26.0 Å². The van der Waals surface area contributed by atoms with Gasteiger partial charge in [-0.1, -0.05) is 30.3 Å². The van der Waals surface area contributed by atoms with Crippen LogP contribution >= 0.6 is 0 Å². The van der Waals surface area contributed by atoms with Crippen LogP contribution in [0, 0.1) is 6.92 Å². The van der Waals surface area contributed by atoms with E-state index in [-0.39, 0.29) is 11.9 Å². The highest BCUT2D eigenvalue weighted by atomic mass is 16.5. The number of aryl methyl sites for hydroxylation is 1. The molecule has 1 aliphatic heterocycles. The summed E-state index contributed by atoms with van der Waals surface area (Å²) in [6.07, 6.45) is 0.631. The maximum atomic E-state index is 12.1. The van der Waals surface area contributed by atoms with Gasteiger partial charge in [-0.25, -0.2) is 5.01 Å². The van der Waals surface area contributed by atoms with E-state index < -0.39 is 0 Å². The van der Waals surface area contributed by atoms with Gasteiger partial charge < -0.3 is 9.47 Å². The molecule has 1 unspecified atom stereocenters. The topological polar surface area (TPSA) is 51.1 Å². The van der Waals surface area contributed by atoms with E-state index in [0.717, 1.165) is 33.9 Å². The molecule has 0 N–H and O–H groups in total. The predicted octanol–water partition coefficient (Wildman–Crippen LogP) is 3.71. The molecule has 1 heterocycles. The van der Waals surface area contributed by atoms with Crippen molar-refractivity contribution in [3.8, 4) is 11.5 Å². The summed E-state index contributed by atoms with van der Waals surface area (Å²) in [5.41, 5.74) is 3.85. The Bertz CT molecular complexity index is 829. The van der Waals surface area contributed by atoms with Gasteiger partial charge in [-0.2, -0.15) is 5.10 Å². The molecule has 0 bridgehead atoms. The molecule has 2 aromatic rings. The Kier molecular flexibility index (Phi) is 4.74. The van der Waals surface area contributed by atoms with Crippen molar-refractivity contribution in [3.63, 3.8) is 0 Å². The molecule has 0 saturated carbocycles. The second kappa shape index (κ2) is 6.97. The number of hydrogen-bond acceptors (Lipinski definition) is 4. The lowest BCUT2D eigenvalue weighted by atomic mass is 9.97. The number of ether oxygens (including phenoxy) is 2. The number of benzene rings is 2. The van der Waals surface area contributed by atoms with Crippen LogP contribution in [0.15, 0.2) is 47.6 Å². The summed E-state index contributed by atoms with van der Waals surface area (Å²) in [5, 5.41) is 6.13. The maximum absolute atomic E-state index is 12.1. The number of amides is 1. The quantitative estimate of drug-likeness (QED) is 0.854. The average molecular weight is 338 g/mol. The number of methoxy groups -OCH3 is 2. The molecule has 0 aromatic heterocycles. The molecule has 0 fully saturated rings. The van der Waals surface area contributed by atoms with Gasteiger partial charge in [0.1, 0.15) is 11.5 Å². The monoisotopic (exact) mass is 338 g/mol.